The molecule has 5 nitrogen and oxygen atoms in total. The smallest absolute Gasteiger partial charge is 0.416 e. The average molecular weight is 715 g/mol. The van der Waals surface area contributed by atoms with Gasteiger partial charge in [-0.2, -0.15) is 13.2 Å². The van der Waals surface area contributed by atoms with Crippen LogP contribution in [0.15, 0.2) is 109 Å². The van der Waals surface area contributed by atoms with E-state index in [1.807, 2.05) is 66.7 Å². The van der Waals surface area contributed by atoms with E-state index in [0.717, 1.165) is 78.9 Å². The maximum Gasteiger partial charge on any atom is 0.416 e. The van der Waals surface area contributed by atoms with Crippen molar-refractivity contribution in [2.24, 2.45) is 0 Å². The molecule has 0 atom stereocenters. The molecular weight excluding hydrogens is 677 g/mol. The molecule has 0 fully saturated rings. The molecular formula is C45H37F3O5. The fourth-order valence-electron chi connectivity index (χ4n) is 7.99. The van der Waals surface area contributed by atoms with E-state index < -0.39 is 22.8 Å². The van der Waals surface area contributed by atoms with Crippen molar-refractivity contribution in [2.75, 3.05) is 28.4 Å². The van der Waals surface area contributed by atoms with Gasteiger partial charge in [0.15, 0.2) is 17.1 Å². The summed E-state index contributed by atoms with van der Waals surface area (Å²) in [5, 5.41) is 1.78. The Hall–Kier alpha value is -5.89. The number of alkyl halides is 3. The van der Waals surface area contributed by atoms with E-state index in [2.05, 4.69) is 38.1 Å². The van der Waals surface area contributed by atoms with Gasteiger partial charge in [-0.1, -0.05) is 68.5 Å². The predicted octanol–water partition coefficient (Wildman–Crippen LogP) is 11.2. The van der Waals surface area contributed by atoms with Gasteiger partial charge in [-0.05, 0) is 99.4 Å². The van der Waals surface area contributed by atoms with Gasteiger partial charge in [0.2, 0.25) is 0 Å². The first kappa shape index (κ1) is 34.2. The number of methoxy groups -OCH3 is 4. The molecule has 8 rings (SSSR count). The molecule has 268 valence electrons. The third-order valence-corrected chi connectivity index (χ3v) is 10.7. The lowest BCUT2D eigenvalue weighted by Gasteiger charge is -2.38. The van der Waals surface area contributed by atoms with Gasteiger partial charge >= 0.3 is 6.18 Å². The van der Waals surface area contributed by atoms with Crippen molar-refractivity contribution >= 4 is 16.8 Å². The van der Waals surface area contributed by atoms with Crippen LogP contribution < -0.4 is 23.7 Å². The highest BCUT2D eigenvalue weighted by Gasteiger charge is 2.45. The fourth-order valence-corrected chi connectivity index (χ4v) is 7.99. The molecule has 8 heteroatoms. The number of fused-ring (bicyclic) bond motifs is 8. The molecule has 0 unspecified atom stereocenters. The average Bonchev–Trinajstić information content (AvgIpc) is 3.42. The van der Waals surface area contributed by atoms with Crippen LogP contribution in [0.3, 0.4) is 0 Å². The van der Waals surface area contributed by atoms with Crippen LogP contribution in [0.4, 0.5) is 13.2 Å². The lowest BCUT2D eigenvalue weighted by molar-refractivity contribution is -0.137. The minimum atomic E-state index is -4.40. The van der Waals surface area contributed by atoms with Crippen LogP contribution >= 0.6 is 0 Å². The fraction of sp³-hybridized carbons (Fsp3) is 0.200. The second-order valence-corrected chi connectivity index (χ2v) is 13.8. The Bertz CT molecular complexity index is 2360. The van der Waals surface area contributed by atoms with Crippen molar-refractivity contribution < 1.29 is 36.9 Å². The molecule has 2 aliphatic rings. The van der Waals surface area contributed by atoms with Crippen LogP contribution in [0.1, 0.15) is 47.2 Å². The standard InChI is InChI=1S/C45H37F3O5/c1-43(2)37-23-27(26-7-10-30(11-8-26)45(46,47)48)9-20-33(37)40-35-24-38(51-5)39(52-6)25-36(35)42-34(41(40)43)21-22-44(53-42,28-12-16-31(49-3)17-13-28)29-14-18-32(50-4)19-15-29/h7-25H,1-6H3. The summed E-state index contributed by atoms with van der Waals surface area (Å²) in [6.45, 7) is 4.37. The monoisotopic (exact) mass is 714 g/mol. The summed E-state index contributed by atoms with van der Waals surface area (Å²) in [6, 6.07) is 31.2. The zero-order valence-corrected chi connectivity index (χ0v) is 30.1. The highest BCUT2D eigenvalue weighted by molar-refractivity contribution is 6.10. The third kappa shape index (κ3) is 5.30. The molecule has 0 aromatic heterocycles. The zero-order chi connectivity index (χ0) is 37.3. The number of benzene rings is 6. The summed E-state index contributed by atoms with van der Waals surface area (Å²) in [4.78, 5) is 0. The van der Waals surface area contributed by atoms with Gasteiger partial charge in [0.1, 0.15) is 17.2 Å². The summed E-state index contributed by atoms with van der Waals surface area (Å²) < 4.78 is 70.2. The molecule has 0 bridgehead atoms. The molecule has 6 aromatic carbocycles. The number of hydrogen-bond donors (Lipinski definition) is 0. The summed E-state index contributed by atoms with van der Waals surface area (Å²) in [5.74, 6) is 3.30. The summed E-state index contributed by atoms with van der Waals surface area (Å²) in [6.07, 6.45) is -0.136. The Morgan fingerprint density at radius 3 is 1.68 bits per heavy atom. The van der Waals surface area contributed by atoms with E-state index >= 15 is 0 Å². The molecule has 0 amide bonds. The number of rotatable bonds is 7. The summed E-state index contributed by atoms with van der Waals surface area (Å²) in [5.41, 5.74) is 6.30. The van der Waals surface area contributed by atoms with Crippen LogP contribution in [0.25, 0.3) is 39.1 Å². The molecule has 0 saturated carbocycles. The van der Waals surface area contributed by atoms with Gasteiger partial charge < -0.3 is 23.7 Å². The van der Waals surface area contributed by atoms with Crippen molar-refractivity contribution in [1.29, 1.82) is 0 Å². The van der Waals surface area contributed by atoms with E-state index in [0.29, 0.717) is 22.8 Å². The molecule has 53 heavy (non-hydrogen) atoms. The Morgan fingerprint density at radius 1 is 0.604 bits per heavy atom. The first-order valence-electron chi connectivity index (χ1n) is 17.2. The van der Waals surface area contributed by atoms with Crippen molar-refractivity contribution in [3.63, 3.8) is 0 Å². The first-order valence-corrected chi connectivity index (χ1v) is 17.2. The van der Waals surface area contributed by atoms with Gasteiger partial charge in [-0.15, -0.1) is 0 Å². The minimum Gasteiger partial charge on any atom is -0.497 e. The van der Waals surface area contributed by atoms with Crippen LogP contribution in [0.5, 0.6) is 28.7 Å². The normalized spacial score (nSPS) is 14.9. The Morgan fingerprint density at radius 2 is 1.15 bits per heavy atom. The van der Waals surface area contributed by atoms with Gasteiger partial charge in [-0.25, -0.2) is 0 Å². The predicted molar refractivity (Wildman–Crippen MR) is 201 cm³/mol. The zero-order valence-electron chi connectivity index (χ0n) is 30.1. The van der Waals surface area contributed by atoms with Crippen LogP contribution in [-0.2, 0) is 17.2 Å². The maximum atomic E-state index is 13.4. The highest BCUT2D eigenvalue weighted by Crippen LogP contribution is 2.59. The van der Waals surface area contributed by atoms with Crippen LogP contribution in [0.2, 0.25) is 0 Å². The summed E-state index contributed by atoms with van der Waals surface area (Å²) in [7, 11) is 6.52. The van der Waals surface area contributed by atoms with Crippen LogP contribution in [-0.4, -0.2) is 28.4 Å². The van der Waals surface area contributed by atoms with E-state index in [9.17, 15) is 13.2 Å². The number of ether oxygens (including phenoxy) is 5. The Kier molecular flexibility index (Phi) is 7.98. The van der Waals surface area contributed by atoms with E-state index in [4.69, 9.17) is 23.7 Å². The lowest BCUT2D eigenvalue weighted by atomic mass is 9.76. The molecule has 0 N–H and O–H groups in total. The quantitative estimate of drug-likeness (QED) is 0.165. The highest BCUT2D eigenvalue weighted by atomic mass is 19.4. The van der Waals surface area contributed by atoms with Gasteiger partial charge in [0, 0.05) is 27.5 Å². The van der Waals surface area contributed by atoms with E-state index in [1.54, 1.807) is 28.4 Å². The lowest BCUT2D eigenvalue weighted by Crippen LogP contribution is -2.35. The first-order chi connectivity index (χ1) is 25.4. The van der Waals surface area contributed by atoms with Gasteiger partial charge in [0.25, 0.3) is 0 Å². The van der Waals surface area contributed by atoms with E-state index in [1.165, 1.54) is 12.1 Å². The second-order valence-electron chi connectivity index (χ2n) is 13.8. The summed E-state index contributed by atoms with van der Waals surface area (Å²) >= 11 is 0. The van der Waals surface area contributed by atoms with Crippen molar-refractivity contribution in [3.05, 3.63) is 143 Å². The molecule has 0 radical (unpaired) electrons. The van der Waals surface area contributed by atoms with Crippen molar-refractivity contribution in [3.8, 4) is 51.0 Å². The minimum absolute atomic E-state index is 0.522. The van der Waals surface area contributed by atoms with Crippen molar-refractivity contribution in [1.82, 2.24) is 0 Å². The molecule has 1 aliphatic carbocycles. The number of hydrogen-bond acceptors (Lipinski definition) is 5. The largest absolute Gasteiger partial charge is 0.497 e. The maximum absolute atomic E-state index is 13.4. The van der Waals surface area contributed by atoms with Gasteiger partial charge in [0.05, 0.1) is 34.0 Å². The molecule has 0 spiro atoms. The van der Waals surface area contributed by atoms with Crippen LogP contribution in [0, 0.1) is 0 Å². The number of halogens is 3. The molecule has 1 aliphatic heterocycles. The van der Waals surface area contributed by atoms with Gasteiger partial charge in [-0.3, -0.25) is 0 Å². The van der Waals surface area contributed by atoms with E-state index in [-0.39, 0.29) is 0 Å². The Labute approximate surface area is 306 Å². The molecule has 0 saturated heterocycles. The molecule has 6 aromatic rings. The topological polar surface area (TPSA) is 46.2 Å². The second kappa shape index (κ2) is 12.4. The molecule has 1 heterocycles. The Balaban J connectivity index is 1.38. The third-order valence-electron chi connectivity index (χ3n) is 10.7. The van der Waals surface area contributed by atoms with Crippen molar-refractivity contribution in [2.45, 2.75) is 31.0 Å². The SMILES string of the molecule is COc1ccc(C2(c3ccc(OC)cc3)C=Cc3c4c(c5cc(OC)c(OC)cc5c3O2)-c2ccc(-c3ccc(C(F)(F)F)cc3)cc2C4(C)C)cc1.